The summed E-state index contributed by atoms with van der Waals surface area (Å²) in [5.74, 6) is -0.184. The van der Waals surface area contributed by atoms with Gasteiger partial charge in [-0.25, -0.2) is 4.79 Å². The lowest BCUT2D eigenvalue weighted by molar-refractivity contribution is -0.164. The standard InChI is InChI=1S/C54H54N4O8/c59-48-25-23-46(47-24-26-50(61)57-51(47)48)49(60)33-55-31-37-15-17-42(18-16-37)52(62)56-32-38-11-13-40(14-12-38)35-65-45-21-19-44(20-22-45)54(64,43-9-5-2-6-10-43)53(63)66-36-41-27-29-58(30-28-41)34-39-7-3-1-4-8-39/h1-26,41,49,55,59-60,64H,27-36H2,(H,56,62)(H,57,61)/t49-,54?/m0/s1. The van der Waals surface area contributed by atoms with Crippen LogP contribution >= 0.6 is 0 Å². The highest BCUT2D eigenvalue weighted by atomic mass is 16.5. The van der Waals surface area contributed by atoms with Gasteiger partial charge in [0.1, 0.15) is 18.1 Å². The van der Waals surface area contributed by atoms with Crippen molar-refractivity contribution >= 4 is 22.8 Å². The number of nitrogens with one attached hydrogen (secondary N) is 3. The number of pyridine rings is 1. The van der Waals surface area contributed by atoms with Gasteiger partial charge in [-0.2, -0.15) is 0 Å². The zero-order valence-electron chi connectivity index (χ0n) is 36.6. The molecule has 1 fully saturated rings. The second kappa shape index (κ2) is 21.3. The largest absolute Gasteiger partial charge is 0.506 e. The number of fused-ring (bicyclic) bond motifs is 1. The molecule has 8 rings (SSSR count). The number of hydrogen-bond donors (Lipinski definition) is 6. The molecular formula is C54H54N4O8. The summed E-state index contributed by atoms with van der Waals surface area (Å²) in [4.78, 5) is 43.5. The van der Waals surface area contributed by atoms with Gasteiger partial charge < -0.3 is 40.4 Å². The summed E-state index contributed by atoms with van der Waals surface area (Å²) >= 11 is 0. The Labute approximate surface area is 383 Å². The number of hydrogen-bond acceptors (Lipinski definition) is 10. The number of aromatic amines is 1. The van der Waals surface area contributed by atoms with Crippen LogP contribution in [0.3, 0.4) is 0 Å². The SMILES string of the molecule is O=C(NCc1ccc(COc2ccc(C(O)(C(=O)OCC3CCN(Cc4ccccc4)CC3)c3ccccc3)cc2)cc1)c1ccc(CNC[C@H](O)c2ccc(O)c3[nH]c(=O)ccc23)cc1. The Morgan fingerprint density at radius 2 is 1.36 bits per heavy atom. The number of ether oxygens (including phenoxy) is 2. The van der Waals surface area contributed by atoms with Gasteiger partial charge >= 0.3 is 5.97 Å². The smallest absolute Gasteiger partial charge is 0.347 e. The van der Waals surface area contributed by atoms with Gasteiger partial charge in [0.2, 0.25) is 11.2 Å². The molecule has 12 nitrogen and oxygen atoms in total. The Hall–Kier alpha value is -7.09. The minimum Gasteiger partial charge on any atom is -0.506 e. The van der Waals surface area contributed by atoms with E-state index < -0.39 is 17.7 Å². The maximum atomic E-state index is 13.8. The summed E-state index contributed by atoms with van der Waals surface area (Å²) in [6.45, 7) is 4.31. The number of piperidine rings is 1. The van der Waals surface area contributed by atoms with Crippen molar-refractivity contribution in [3.8, 4) is 11.5 Å². The number of phenolic OH excluding ortho intramolecular Hbond substituents is 1. The first-order valence-electron chi connectivity index (χ1n) is 22.3. The van der Waals surface area contributed by atoms with Gasteiger partial charge in [-0.1, -0.05) is 115 Å². The first-order chi connectivity index (χ1) is 32.1. The average molecular weight is 887 g/mol. The highest BCUT2D eigenvalue weighted by molar-refractivity contribution is 5.94. The molecule has 7 aromatic rings. The van der Waals surface area contributed by atoms with E-state index in [1.165, 1.54) is 17.7 Å². The van der Waals surface area contributed by atoms with Crippen LogP contribution in [-0.2, 0) is 41.4 Å². The Kier molecular flexibility index (Phi) is 14.7. The molecule has 1 unspecified atom stereocenters. The molecule has 2 atom stereocenters. The van der Waals surface area contributed by atoms with Gasteiger partial charge in [-0.3, -0.25) is 14.5 Å². The van der Waals surface area contributed by atoms with Gasteiger partial charge in [-0.05, 0) is 107 Å². The first kappa shape index (κ1) is 45.5. The molecule has 6 aromatic carbocycles. The van der Waals surface area contributed by atoms with Crippen LogP contribution in [0.15, 0.2) is 163 Å². The average Bonchev–Trinajstić information content (AvgIpc) is 3.36. The van der Waals surface area contributed by atoms with Crippen molar-refractivity contribution in [1.29, 1.82) is 0 Å². The Morgan fingerprint density at radius 3 is 2.08 bits per heavy atom. The molecule has 1 amide bonds. The van der Waals surface area contributed by atoms with Crippen molar-refractivity contribution in [2.45, 2.75) is 50.8 Å². The van der Waals surface area contributed by atoms with Crippen LogP contribution in [0.25, 0.3) is 10.9 Å². The summed E-state index contributed by atoms with van der Waals surface area (Å²) in [5.41, 5.74) is 3.92. The third-order valence-electron chi connectivity index (χ3n) is 12.2. The zero-order valence-corrected chi connectivity index (χ0v) is 36.6. The maximum Gasteiger partial charge on any atom is 0.347 e. The molecule has 0 saturated carbocycles. The molecule has 1 saturated heterocycles. The van der Waals surface area contributed by atoms with E-state index in [-0.39, 0.29) is 48.4 Å². The van der Waals surface area contributed by atoms with E-state index in [9.17, 15) is 29.7 Å². The molecule has 2 heterocycles. The quantitative estimate of drug-likeness (QED) is 0.0482. The number of aromatic nitrogens is 1. The van der Waals surface area contributed by atoms with Crippen molar-refractivity contribution in [1.82, 2.24) is 20.5 Å². The number of benzene rings is 6. The second-order valence-electron chi connectivity index (χ2n) is 16.8. The zero-order chi connectivity index (χ0) is 45.9. The highest BCUT2D eigenvalue weighted by Gasteiger charge is 2.42. The molecule has 0 aliphatic carbocycles. The van der Waals surface area contributed by atoms with E-state index in [0.717, 1.165) is 49.2 Å². The number of likely N-dealkylation sites (tertiary alicyclic amines) is 1. The second-order valence-corrected chi connectivity index (χ2v) is 16.8. The van der Waals surface area contributed by atoms with Gasteiger partial charge in [0.05, 0.1) is 18.2 Å². The van der Waals surface area contributed by atoms with Crippen LogP contribution in [0.5, 0.6) is 11.5 Å². The Bertz CT molecular complexity index is 2760. The fourth-order valence-electron chi connectivity index (χ4n) is 8.32. The lowest BCUT2D eigenvalue weighted by Crippen LogP contribution is -2.40. The summed E-state index contributed by atoms with van der Waals surface area (Å²) in [6.07, 6.45) is 0.946. The lowest BCUT2D eigenvalue weighted by atomic mass is 9.86. The summed E-state index contributed by atoms with van der Waals surface area (Å²) in [5, 5.41) is 39.8. The van der Waals surface area contributed by atoms with Crippen LogP contribution in [0.1, 0.15) is 68.2 Å². The molecular weight excluding hydrogens is 833 g/mol. The number of aromatic hydroxyl groups is 1. The fraction of sp³-hybridized carbons (Fsp3) is 0.241. The molecule has 338 valence electrons. The van der Waals surface area contributed by atoms with Gasteiger partial charge in [0, 0.05) is 43.2 Å². The minimum absolute atomic E-state index is 0.0640. The van der Waals surface area contributed by atoms with E-state index in [4.69, 9.17) is 9.47 Å². The van der Waals surface area contributed by atoms with Crippen molar-refractivity contribution in [2.75, 3.05) is 26.2 Å². The van der Waals surface area contributed by atoms with E-state index in [1.54, 1.807) is 72.8 Å². The van der Waals surface area contributed by atoms with Gasteiger partial charge in [0.25, 0.3) is 5.91 Å². The number of carbonyl (C=O) groups is 2. The molecule has 1 aliphatic heterocycles. The van der Waals surface area contributed by atoms with E-state index in [2.05, 4.69) is 44.8 Å². The van der Waals surface area contributed by atoms with Gasteiger partial charge in [0.15, 0.2) is 0 Å². The molecule has 1 aromatic heterocycles. The van der Waals surface area contributed by atoms with E-state index in [1.807, 2.05) is 48.5 Å². The number of phenols is 1. The van der Waals surface area contributed by atoms with Crippen molar-refractivity contribution in [3.63, 3.8) is 0 Å². The third kappa shape index (κ3) is 11.2. The molecule has 66 heavy (non-hydrogen) atoms. The number of esters is 1. The molecule has 0 radical (unpaired) electrons. The van der Waals surface area contributed by atoms with E-state index in [0.29, 0.717) is 46.5 Å². The minimum atomic E-state index is -2.00. The summed E-state index contributed by atoms with van der Waals surface area (Å²) in [7, 11) is 0. The first-order valence-corrected chi connectivity index (χ1v) is 22.3. The van der Waals surface area contributed by atoms with Crippen LogP contribution < -0.4 is 20.9 Å². The third-order valence-corrected chi connectivity index (χ3v) is 12.2. The van der Waals surface area contributed by atoms with Crippen molar-refractivity contribution < 1.29 is 34.4 Å². The van der Waals surface area contributed by atoms with Crippen LogP contribution in [0, 0.1) is 5.92 Å². The van der Waals surface area contributed by atoms with E-state index >= 15 is 0 Å². The molecule has 6 N–H and O–H groups in total. The summed E-state index contributed by atoms with van der Waals surface area (Å²) < 4.78 is 11.9. The molecule has 0 bridgehead atoms. The maximum absolute atomic E-state index is 13.8. The molecule has 1 aliphatic rings. The Balaban J connectivity index is 0.780. The number of amides is 1. The van der Waals surface area contributed by atoms with Crippen LogP contribution in [-0.4, -0.2) is 63.3 Å². The molecule has 12 heteroatoms. The Morgan fingerprint density at radius 1 is 0.727 bits per heavy atom. The predicted molar refractivity (Wildman–Crippen MR) is 253 cm³/mol. The number of nitrogens with zero attached hydrogens (tertiary/aromatic N) is 1. The number of rotatable bonds is 18. The fourth-order valence-corrected chi connectivity index (χ4v) is 8.32. The predicted octanol–water partition coefficient (Wildman–Crippen LogP) is 7.26. The van der Waals surface area contributed by atoms with Crippen LogP contribution in [0.4, 0.5) is 0 Å². The van der Waals surface area contributed by atoms with Crippen molar-refractivity contribution in [2.24, 2.45) is 5.92 Å². The number of carbonyl (C=O) groups excluding carboxylic acids is 2. The number of aliphatic hydroxyl groups excluding tert-OH is 1. The topological polar surface area (TPSA) is 173 Å². The number of H-pyrrole nitrogens is 1. The van der Waals surface area contributed by atoms with Gasteiger partial charge in [-0.15, -0.1) is 0 Å². The highest BCUT2D eigenvalue weighted by Crippen LogP contribution is 2.34. The monoisotopic (exact) mass is 886 g/mol. The van der Waals surface area contributed by atoms with Crippen molar-refractivity contribution in [3.05, 3.63) is 213 Å². The summed E-state index contributed by atoms with van der Waals surface area (Å²) in [6, 6.07) is 47.2. The normalized spacial score (nSPS) is 14.6. The molecule has 0 spiro atoms. The van der Waals surface area contributed by atoms with Crippen LogP contribution in [0.2, 0.25) is 0 Å². The lowest BCUT2D eigenvalue weighted by Gasteiger charge is -2.33. The number of aliphatic hydroxyl groups is 2.